The Kier molecular flexibility index (Phi) is 11.5. The molecule has 0 aliphatic carbocycles. The van der Waals surface area contributed by atoms with Crippen LogP contribution in [0.1, 0.15) is 36.1 Å². The summed E-state index contributed by atoms with van der Waals surface area (Å²) in [6.45, 7) is 1.89. The van der Waals surface area contributed by atoms with Crippen LogP contribution in [-0.2, 0) is 19.2 Å². The zero-order chi connectivity index (χ0) is 36.8. The van der Waals surface area contributed by atoms with E-state index in [9.17, 15) is 19.2 Å². The highest BCUT2D eigenvalue weighted by molar-refractivity contribution is 5.95. The molecule has 2 aliphatic heterocycles. The first kappa shape index (κ1) is 36.5. The third-order valence-corrected chi connectivity index (χ3v) is 10.1. The van der Waals surface area contributed by atoms with Crippen LogP contribution in [0.25, 0.3) is 11.1 Å². The molecule has 4 atom stereocenters. The number of rotatable bonds is 11. The maximum absolute atomic E-state index is 13.5. The Labute approximate surface area is 306 Å². The van der Waals surface area contributed by atoms with Crippen LogP contribution in [0.15, 0.2) is 109 Å². The SMILES string of the molecule is CN(C)[C@H](C(=O)N1CC[C@H](C(=O)Nc2ccc(-c3ccc(NC(=O)[C@@H]4CCN(C(=O)[C@@H](c5ccccc5)N(C)C)C4)cc3)cc2)C1)c1ccccc1. The maximum atomic E-state index is 13.5. The number of nitrogens with one attached hydrogen (secondary N) is 2. The van der Waals surface area contributed by atoms with Crippen molar-refractivity contribution >= 4 is 35.0 Å². The minimum absolute atomic E-state index is 0.0101. The quantitative estimate of drug-likeness (QED) is 0.213. The van der Waals surface area contributed by atoms with Gasteiger partial charge in [-0.1, -0.05) is 84.9 Å². The number of carbonyl (C=O) groups is 4. The lowest BCUT2D eigenvalue weighted by Gasteiger charge is -2.28. The summed E-state index contributed by atoms with van der Waals surface area (Å²) in [5, 5.41) is 6.06. The van der Waals surface area contributed by atoms with Crippen molar-refractivity contribution in [3.63, 3.8) is 0 Å². The molecule has 6 rings (SSSR count). The molecule has 2 fully saturated rings. The van der Waals surface area contributed by atoms with Gasteiger partial charge in [-0.05, 0) is 87.6 Å². The standard InChI is InChI=1S/C42H48N6O4/c1-45(2)37(31-11-7-5-8-12-31)41(51)47-25-23-33(27-47)39(49)43-35-19-15-29(16-20-35)30-17-21-36(22-18-30)44-40(50)34-24-26-48(28-34)42(52)38(46(3)4)32-13-9-6-10-14-32/h5-22,33-34,37-38H,23-28H2,1-4H3,(H,43,49)(H,44,50)/t33-,34+,37-,38+. The van der Waals surface area contributed by atoms with Crippen molar-refractivity contribution in [2.45, 2.75) is 24.9 Å². The number of benzene rings is 4. The van der Waals surface area contributed by atoms with E-state index < -0.39 is 12.1 Å². The molecule has 10 nitrogen and oxygen atoms in total. The molecule has 0 unspecified atom stereocenters. The molecule has 2 N–H and O–H groups in total. The number of amides is 4. The number of hydrogen-bond donors (Lipinski definition) is 2. The highest BCUT2D eigenvalue weighted by Crippen LogP contribution is 2.29. The molecular weight excluding hydrogens is 652 g/mol. The smallest absolute Gasteiger partial charge is 0.244 e. The van der Waals surface area contributed by atoms with Crippen LogP contribution in [-0.4, -0.2) is 97.6 Å². The Balaban J connectivity index is 0.988. The second-order valence-electron chi connectivity index (χ2n) is 14.2. The third-order valence-electron chi connectivity index (χ3n) is 10.1. The van der Waals surface area contributed by atoms with Crippen molar-refractivity contribution in [1.29, 1.82) is 0 Å². The van der Waals surface area contributed by atoms with E-state index in [2.05, 4.69) is 10.6 Å². The van der Waals surface area contributed by atoms with Gasteiger partial charge in [0.15, 0.2) is 0 Å². The molecule has 270 valence electrons. The lowest BCUT2D eigenvalue weighted by Crippen LogP contribution is -2.40. The average Bonchev–Trinajstić information content (AvgIpc) is 3.85. The maximum Gasteiger partial charge on any atom is 0.244 e. The predicted molar refractivity (Wildman–Crippen MR) is 204 cm³/mol. The van der Waals surface area contributed by atoms with Crippen LogP contribution in [0.2, 0.25) is 0 Å². The molecule has 0 bridgehead atoms. The lowest BCUT2D eigenvalue weighted by atomic mass is 10.0. The Morgan fingerprint density at radius 2 is 0.885 bits per heavy atom. The van der Waals surface area contributed by atoms with Crippen molar-refractivity contribution in [2.75, 3.05) is 65.0 Å². The minimum atomic E-state index is -0.391. The van der Waals surface area contributed by atoms with Gasteiger partial charge in [0.2, 0.25) is 23.6 Å². The molecule has 2 heterocycles. The van der Waals surface area contributed by atoms with Gasteiger partial charge in [-0.25, -0.2) is 0 Å². The van der Waals surface area contributed by atoms with E-state index in [-0.39, 0.29) is 35.5 Å². The molecule has 2 saturated heterocycles. The molecule has 52 heavy (non-hydrogen) atoms. The summed E-state index contributed by atoms with van der Waals surface area (Å²) in [7, 11) is 7.59. The molecule has 2 aliphatic rings. The monoisotopic (exact) mass is 700 g/mol. The van der Waals surface area contributed by atoms with E-state index in [1.807, 2.05) is 147 Å². The molecule has 4 aromatic rings. The summed E-state index contributed by atoms with van der Waals surface area (Å²) in [4.78, 5) is 60.7. The second kappa shape index (κ2) is 16.4. The minimum Gasteiger partial charge on any atom is -0.340 e. The molecule has 4 amide bonds. The highest BCUT2D eigenvalue weighted by atomic mass is 16.2. The summed E-state index contributed by atoms with van der Waals surface area (Å²) in [5.41, 5.74) is 5.22. The van der Waals surface area contributed by atoms with E-state index in [4.69, 9.17) is 0 Å². The third kappa shape index (κ3) is 8.41. The van der Waals surface area contributed by atoms with Gasteiger partial charge in [0, 0.05) is 37.6 Å². The van der Waals surface area contributed by atoms with Crippen molar-refractivity contribution in [1.82, 2.24) is 19.6 Å². The van der Waals surface area contributed by atoms with Gasteiger partial charge >= 0.3 is 0 Å². The Bertz CT molecular complexity index is 1710. The number of anilines is 2. The first-order chi connectivity index (χ1) is 25.1. The molecule has 0 saturated carbocycles. The van der Waals surface area contributed by atoms with Crippen LogP contribution in [0.4, 0.5) is 11.4 Å². The van der Waals surface area contributed by atoms with Gasteiger partial charge in [-0.15, -0.1) is 0 Å². The summed E-state index contributed by atoms with van der Waals surface area (Å²) >= 11 is 0. The average molecular weight is 701 g/mol. The first-order valence-corrected chi connectivity index (χ1v) is 17.9. The summed E-state index contributed by atoms with van der Waals surface area (Å²) in [6.07, 6.45) is 1.24. The fourth-order valence-electron chi connectivity index (χ4n) is 7.27. The van der Waals surface area contributed by atoms with Crippen LogP contribution < -0.4 is 10.6 Å². The molecule has 0 spiro atoms. The Morgan fingerprint density at radius 3 is 1.21 bits per heavy atom. The number of hydrogen-bond acceptors (Lipinski definition) is 6. The zero-order valence-electron chi connectivity index (χ0n) is 30.4. The highest BCUT2D eigenvalue weighted by Gasteiger charge is 2.37. The van der Waals surface area contributed by atoms with Gasteiger partial charge in [0.25, 0.3) is 0 Å². The van der Waals surface area contributed by atoms with Gasteiger partial charge in [0.1, 0.15) is 12.1 Å². The number of carbonyl (C=O) groups excluding carboxylic acids is 4. The fraction of sp³-hybridized carbons (Fsp3) is 0.333. The molecule has 4 aromatic carbocycles. The van der Waals surface area contributed by atoms with Crippen molar-refractivity contribution in [3.05, 3.63) is 120 Å². The van der Waals surface area contributed by atoms with Crippen LogP contribution in [0, 0.1) is 11.8 Å². The Morgan fingerprint density at radius 1 is 0.538 bits per heavy atom. The fourth-order valence-corrected chi connectivity index (χ4v) is 7.27. The van der Waals surface area contributed by atoms with Crippen molar-refractivity contribution < 1.29 is 19.2 Å². The molecule has 10 heteroatoms. The van der Waals surface area contributed by atoms with E-state index in [0.29, 0.717) is 50.4 Å². The summed E-state index contributed by atoms with van der Waals surface area (Å²) in [5.74, 6) is -0.712. The largest absolute Gasteiger partial charge is 0.340 e. The van der Waals surface area contributed by atoms with Crippen LogP contribution in [0.3, 0.4) is 0 Å². The van der Waals surface area contributed by atoms with Crippen LogP contribution >= 0.6 is 0 Å². The second-order valence-corrected chi connectivity index (χ2v) is 14.2. The number of nitrogens with zero attached hydrogens (tertiary/aromatic N) is 4. The summed E-state index contributed by atoms with van der Waals surface area (Å²) < 4.78 is 0. The lowest BCUT2D eigenvalue weighted by molar-refractivity contribution is -0.136. The van der Waals surface area contributed by atoms with Gasteiger partial charge < -0.3 is 20.4 Å². The van der Waals surface area contributed by atoms with Gasteiger partial charge in [0.05, 0.1) is 11.8 Å². The van der Waals surface area contributed by atoms with Crippen molar-refractivity contribution in [3.8, 4) is 11.1 Å². The van der Waals surface area contributed by atoms with Crippen LogP contribution in [0.5, 0.6) is 0 Å². The van der Waals surface area contributed by atoms with E-state index in [0.717, 1.165) is 22.3 Å². The predicted octanol–water partition coefficient (Wildman–Crippen LogP) is 5.53. The molecule has 0 radical (unpaired) electrons. The van der Waals surface area contributed by atoms with Gasteiger partial charge in [-0.2, -0.15) is 0 Å². The molecular formula is C42H48N6O4. The van der Waals surface area contributed by atoms with E-state index in [1.54, 1.807) is 9.80 Å². The number of likely N-dealkylation sites (tertiary alicyclic amines) is 2. The first-order valence-electron chi connectivity index (χ1n) is 17.9. The molecule has 0 aromatic heterocycles. The topological polar surface area (TPSA) is 105 Å². The van der Waals surface area contributed by atoms with E-state index >= 15 is 0 Å². The van der Waals surface area contributed by atoms with Crippen molar-refractivity contribution in [2.24, 2.45) is 11.8 Å². The normalized spacial score (nSPS) is 18.3. The zero-order valence-corrected chi connectivity index (χ0v) is 30.4. The number of likely N-dealkylation sites (N-methyl/N-ethyl adjacent to an activating group) is 2. The van der Waals surface area contributed by atoms with E-state index in [1.165, 1.54) is 0 Å². The Hall–Kier alpha value is -5.32. The summed E-state index contributed by atoms with van der Waals surface area (Å²) in [6, 6.07) is 34.0. The van der Waals surface area contributed by atoms with Gasteiger partial charge in [-0.3, -0.25) is 29.0 Å².